The molecule has 0 bridgehead atoms. The molecule has 0 saturated carbocycles. The third-order valence-electron chi connectivity index (χ3n) is 4.75. The Balaban J connectivity index is 1.48. The number of amides is 2. The standard InChI is InChI=1S/C20H21F2N3O4S/c21-16-4-1-3-15(11-16)12-19(26)24-7-9-25(10-8-24)20(27)14-23-30(28,29)18-6-2-5-17(22)13-18/h1-6,11,13,23H,7-10,12,14H2. The summed E-state index contributed by atoms with van der Waals surface area (Å²) in [5, 5.41) is 0. The minimum absolute atomic E-state index is 0.0686. The second-order valence-electron chi connectivity index (χ2n) is 6.85. The van der Waals surface area contributed by atoms with Crippen LogP contribution in [0.1, 0.15) is 5.56 Å². The minimum atomic E-state index is -4.01. The Labute approximate surface area is 173 Å². The Morgan fingerprint density at radius 2 is 1.43 bits per heavy atom. The SMILES string of the molecule is O=C(CNS(=O)(=O)c1cccc(F)c1)N1CCN(C(=O)Cc2cccc(F)c2)CC1. The van der Waals surface area contributed by atoms with Gasteiger partial charge >= 0.3 is 0 Å². The van der Waals surface area contributed by atoms with Crippen molar-refractivity contribution in [1.82, 2.24) is 14.5 Å². The molecule has 0 radical (unpaired) electrons. The number of nitrogens with one attached hydrogen (secondary N) is 1. The lowest BCUT2D eigenvalue weighted by atomic mass is 10.1. The molecule has 160 valence electrons. The average Bonchev–Trinajstić information content (AvgIpc) is 2.72. The fraction of sp³-hybridized carbons (Fsp3) is 0.300. The summed E-state index contributed by atoms with van der Waals surface area (Å²) in [5.74, 6) is -1.70. The molecule has 0 unspecified atom stereocenters. The zero-order valence-electron chi connectivity index (χ0n) is 16.1. The number of hydrogen-bond acceptors (Lipinski definition) is 4. The molecule has 0 aliphatic carbocycles. The fourth-order valence-corrected chi connectivity index (χ4v) is 4.13. The van der Waals surface area contributed by atoms with Gasteiger partial charge in [0.25, 0.3) is 0 Å². The van der Waals surface area contributed by atoms with Crippen molar-refractivity contribution >= 4 is 21.8 Å². The van der Waals surface area contributed by atoms with Gasteiger partial charge in [-0.05, 0) is 35.9 Å². The molecule has 3 rings (SSSR count). The van der Waals surface area contributed by atoms with Crippen LogP contribution < -0.4 is 4.72 Å². The largest absolute Gasteiger partial charge is 0.339 e. The maximum Gasteiger partial charge on any atom is 0.241 e. The highest BCUT2D eigenvalue weighted by Gasteiger charge is 2.25. The van der Waals surface area contributed by atoms with Gasteiger partial charge in [-0.3, -0.25) is 9.59 Å². The third-order valence-corrected chi connectivity index (χ3v) is 6.15. The maximum absolute atomic E-state index is 13.2. The first-order valence-electron chi connectivity index (χ1n) is 9.30. The smallest absolute Gasteiger partial charge is 0.241 e. The van der Waals surface area contributed by atoms with Crippen LogP contribution in [0.3, 0.4) is 0 Å². The van der Waals surface area contributed by atoms with E-state index in [2.05, 4.69) is 4.72 Å². The van der Waals surface area contributed by atoms with Crippen molar-refractivity contribution in [2.75, 3.05) is 32.7 Å². The number of halogens is 2. The van der Waals surface area contributed by atoms with Crippen LogP contribution in [0.5, 0.6) is 0 Å². The Morgan fingerprint density at radius 1 is 0.867 bits per heavy atom. The number of benzene rings is 2. The van der Waals surface area contributed by atoms with E-state index in [4.69, 9.17) is 0 Å². The summed E-state index contributed by atoms with van der Waals surface area (Å²) in [4.78, 5) is 27.5. The summed E-state index contributed by atoms with van der Waals surface area (Å²) < 4.78 is 53.0. The second kappa shape index (κ2) is 9.31. The molecule has 2 aromatic rings. The van der Waals surface area contributed by atoms with Crippen molar-refractivity contribution < 1.29 is 26.8 Å². The monoisotopic (exact) mass is 437 g/mol. The van der Waals surface area contributed by atoms with Crippen molar-refractivity contribution in [2.45, 2.75) is 11.3 Å². The summed E-state index contributed by atoms with van der Waals surface area (Å²) in [6.07, 6.45) is 0.0686. The second-order valence-corrected chi connectivity index (χ2v) is 8.62. The van der Waals surface area contributed by atoms with Gasteiger partial charge in [0, 0.05) is 26.2 Å². The average molecular weight is 437 g/mol. The zero-order chi connectivity index (χ0) is 21.7. The molecule has 1 aliphatic heterocycles. The van der Waals surface area contributed by atoms with Crippen molar-refractivity contribution in [3.8, 4) is 0 Å². The normalized spacial score (nSPS) is 14.6. The van der Waals surface area contributed by atoms with Gasteiger partial charge in [0.2, 0.25) is 21.8 Å². The van der Waals surface area contributed by atoms with E-state index in [-0.39, 0.29) is 30.3 Å². The molecular weight excluding hydrogens is 416 g/mol. The molecule has 10 heteroatoms. The van der Waals surface area contributed by atoms with Crippen LogP contribution in [0.2, 0.25) is 0 Å². The van der Waals surface area contributed by atoms with E-state index in [1.165, 1.54) is 29.2 Å². The van der Waals surface area contributed by atoms with Gasteiger partial charge < -0.3 is 9.80 Å². The van der Waals surface area contributed by atoms with Crippen LogP contribution in [0.4, 0.5) is 8.78 Å². The van der Waals surface area contributed by atoms with Crippen LogP contribution >= 0.6 is 0 Å². The molecule has 1 aliphatic rings. The Kier molecular flexibility index (Phi) is 6.78. The van der Waals surface area contributed by atoms with E-state index in [0.29, 0.717) is 18.7 Å². The number of nitrogens with zero attached hydrogens (tertiary/aromatic N) is 2. The van der Waals surface area contributed by atoms with E-state index in [1.807, 2.05) is 0 Å². The molecule has 1 fully saturated rings. The summed E-state index contributed by atoms with van der Waals surface area (Å²) in [6.45, 7) is 0.661. The summed E-state index contributed by atoms with van der Waals surface area (Å²) >= 11 is 0. The minimum Gasteiger partial charge on any atom is -0.339 e. The van der Waals surface area contributed by atoms with Gasteiger partial charge in [-0.2, -0.15) is 0 Å². The van der Waals surface area contributed by atoms with Gasteiger partial charge in [0.1, 0.15) is 11.6 Å². The molecule has 0 atom stereocenters. The van der Waals surface area contributed by atoms with Crippen molar-refractivity contribution in [2.24, 2.45) is 0 Å². The number of rotatable bonds is 6. The quantitative estimate of drug-likeness (QED) is 0.735. The number of piperazine rings is 1. The van der Waals surface area contributed by atoms with Crippen molar-refractivity contribution in [3.63, 3.8) is 0 Å². The summed E-state index contributed by atoms with van der Waals surface area (Å²) in [5.41, 5.74) is 0.574. The lowest BCUT2D eigenvalue weighted by Crippen LogP contribution is -2.52. The number of carbonyl (C=O) groups excluding carboxylic acids is 2. The van der Waals surface area contributed by atoms with Crippen LogP contribution in [-0.4, -0.2) is 62.8 Å². The Morgan fingerprint density at radius 3 is 2.03 bits per heavy atom. The fourth-order valence-electron chi connectivity index (χ4n) is 3.12. The van der Waals surface area contributed by atoms with E-state index in [9.17, 15) is 26.8 Å². The molecule has 1 heterocycles. The molecule has 0 aromatic heterocycles. The number of hydrogen-bond donors (Lipinski definition) is 1. The van der Waals surface area contributed by atoms with Gasteiger partial charge in [-0.25, -0.2) is 21.9 Å². The van der Waals surface area contributed by atoms with E-state index in [0.717, 1.165) is 12.1 Å². The zero-order valence-corrected chi connectivity index (χ0v) is 16.9. The van der Waals surface area contributed by atoms with Crippen LogP contribution in [-0.2, 0) is 26.0 Å². The van der Waals surface area contributed by atoms with Gasteiger partial charge in [0.05, 0.1) is 17.9 Å². The van der Waals surface area contributed by atoms with Gasteiger partial charge in [0.15, 0.2) is 0 Å². The first kappa shape index (κ1) is 21.8. The highest BCUT2D eigenvalue weighted by atomic mass is 32.2. The van der Waals surface area contributed by atoms with Crippen LogP contribution in [0.25, 0.3) is 0 Å². The highest BCUT2D eigenvalue weighted by Crippen LogP contribution is 2.11. The Bertz CT molecular complexity index is 1040. The van der Waals surface area contributed by atoms with E-state index >= 15 is 0 Å². The lowest BCUT2D eigenvalue weighted by molar-refractivity contribution is -0.138. The van der Waals surface area contributed by atoms with Crippen molar-refractivity contribution in [1.29, 1.82) is 0 Å². The predicted molar refractivity (Wildman–Crippen MR) is 105 cm³/mol. The Hall–Kier alpha value is -2.85. The third kappa shape index (κ3) is 5.61. The molecular formula is C20H21F2N3O4S. The molecule has 30 heavy (non-hydrogen) atoms. The highest BCUT2D eigenvalue weighted by molar-refractivity contribution is 7.89. The molecule has 7 nitrogen and oxygen atoms in total. The molecule has 2 aromatic carbocycles. The molecule has 1 saturated heterocycles. The maximum atomic E-state index is 13.2. The number of carbonyl (C=O) groups is 2. The van der Waals surface area contributed by atoms with E-state index < -0.39 is 34.1 Å². The first-order valence-corrected chi connectivity index (χ1v) is 10.8. The van der Waals surface area contributed by atoms with Crippen LogP contribution in [0, 0.1) is 11.6 Å². The van der Waals surface area contributed by atoms with E-state index in [1.54, 1.807) is 17.0 Å². The first-order chi connectivity index (χ1) is 14.2. The lowest BCUT2D eigenvalue weighted by Gasteiger charge is -2.35. The van der Waals surface area contributed by atoms with Crippen molar-refractivity contribution in [3.05, 3.63) is 65.7 Å². The summed E-state index contributed by atoms with van der Waals surface area (Å²) in [7, 11) is -4.01. The predicted octanol–water partition coefficient (Wildman–Crippen LogP) is 1.16. The van der Waals surface area contributed by atoms with Gasteiger partial charge in [-0.1, -0.05) is 18.2 Å². The molecule has 1 N–H and O–H groups in total. The van der Waals surface area contributed by atoms with Crippen LogP contribution in [0.15, 0.2) is 53.4 Å². The molecule has 0 spiro atoms. The topological polar surface area (TPSA) is 86.8 Å². The van der Waals surface area contributed by atoms with Gasteiger partial charge in [-0.15, -0.1) is 0 Å². The molecule has 2 amide bonds. The number of sulfonamides is 1. The summed E-state index contributed by atoms with van der Waals surface area (Å²) in [6, 6.07) is 10.3.